The van der Waals surface area contributed by atoms with Gasteiger partial charge in [-0.1, -0.05) is 40.5 Å². The molecule has 0 radical (unpaired) electrons. The Morgan fingerprint density at radius 3 is 2.88 bits per heavy atom. The molecule has 0 aromatic heterocycles. The Morgan fingerprint density at radius 1 is 1.50 bits per heavy atom. The van der Waals surface area contributed by atoms with Crippen molar-refractivity contribution < 1.29 is 0 Å². The average molecular weight is 303 g/mol. The Labute approximate surface area is 111 Å². The second kappa shape index (κ2) is 5.07. The van der Waals surface area contributed by atoms with Crippen molar-refractivity contribution in [1.82, 2.24) is 5.32 Å². The molecule has 1 heterocycles. The predicted molar refractivity (Wildman–Crippen MR) is 73.2 cm³/mol. The van der Waals surface area contributed by atoms with Crippen LogP contribution in [0.4, 0.5) is 0 Å². The summed E-state index contributed by atoms with van der Waals surface area (Å²) in [7, 11) is 0. The molecular formula is C13H17BrClN. The van der Waals surface area contributed by atoms with E-state index in [1.165, 1.54) is 12.0 Å². The Balaban J connectivity index is 2.29. The monoisotopic (exact) mass is 301 g/mol. The molecule has 1 aromatic carbocycles. The molecule has 0 bridgehead atoms. The van der Waals surface area contributed by atoms with Crippen LogP contribution >= 0.6 is 27.5 Å². The van der Waals surface area contributed by atoms with Gasteiger partial charge in [-0.2, -0.15) is 0 Å². The summed E-state index contributed by atoms with van der Waals surface area (Å²) in [6.07, 6.45) is 2.33. The first-order valence-electron chi connectivity index (χ1n) is 5.82. The Hall–Kier alpha value is -0.0500. The second-order valence-corrected chi connectivity index (χ2v) is 5.91. The van der Waals surface area contributed by atoms with Crippen molar-refractivity contribution in [3.8, 4) is 0 Å². The Kier molecular flexibility index (Phi) is 3.93. The summed E-state index contributed by atoms with van der Waals surface area (Å²) in [5.74, 6) is 0.556. The highest BCUT2D eigenvalue weighted by molar-refractivity contribution is 9.10. The summed E-state index contributed by atoms with van der Waals surface area (Å²) in [6, 6.07) is 7.38. The molecule has 0 amide bonds. The van der Waals surface area contributed by atoms with E-state index in [0.717, 1.165) is 15.9 Å². The zero-order chi connectivity index (χ0) is 11.7. The number of hydrogen-bond acceptors (Lipinski definition) is 1. The van der Waals surface area contributed by atoms with Crippen molar-refractivity contribution in [2.24, 2.45) is 0 Å². The maximum Gasteiger partial charge on any atom is 0.0452 e. The minimum Gasteiger partial charge on any atom is -0.311 e. The van der Waals surface area contributed by atoms with E-state index in [1.807, 2.05) is 6.07 Å². The van der Waals surface area contributed by atoms with Gasteiger partial charge < -0.3 is 5.32 Å². The van der Waals surface area contributed by atoms with E-state index in [9.17, 15) is 0 Å². The van der Waals surface area contributed by atoms with Gasteiger partial charge in [0.25, 0.3) is 0 Å². The van der Waals surface area contributed by atoms with Crippen LogP contribution in [0.15, 0.2) is 22.7 Å². The molecule has 1 aromatic rings. The lowest BCUT2D eigenvalue weighted by molar-refractivity contribution is 0.517. The number of nitrogens with one attached hydrogen (secondary N) is 1. The number of rotatable bonds is 2. The van der Waals surface area contributed by atoms with Crippen LogP contribution in [-0.2, 0) is 0 Å². The summed E-state index contributed by atoms with van der Waals surface area (Å²) in [4.78, 5) is 0. The van der Waals surface area contributed by atoms with Gasteiger partial charge in [0.15, 0.2) is 0 Å². The fourth-order valence-corrected chi connectivity index (χ4v) is 3.46. The predicted octanol–water partition coefficient (Wildman–Crippen LogP) is 4.35. The van der Waals surface area contributed by atoms with Gasteiger partial charge in [-0.15, -0.1) is 0 Å². The minimum absolute atomic E-state index is 0.556. The first-order chi connectivity index (χ1) is 7.61. The summed E-state index contributed by atoms with van der Waals surface area (Å²) >= 11 is 9.77. The third kappa shape index (κ3) is 2.44. The molecule has 2 rings (SSSR count). The molecule has 88 valence electrons. The molecule has 3 atom stereocenters. The molecule has 0 spiro atoms. The van der Waals surface area contributed by atoms with Gasteiger partial charge in [0, 0.05) is 27.5 Å². The van der Waals surface area contributed by atoms with Gasteiger partial charge in [0.05, 0.1) is 0 Å². The fourth-order valence-electron chi connectivity index (χ4n) is 2.64. The second-order valence-electron chi connectivity index (χ2n) is 4.59. The van der Waals surface area contributed by atoms with Gasteiger partial charge in [-0.05, 0) is 37.5 Å². The van der Waals surface area contributed by atoms with E-state index < -0.39 is 0 Å². The van der Waals surface area contributed by atoms with Crippen molar-refractivity contribution >= 4 is 27.5 Å². The van der Waals surface area contributed by atoms with Crippen LogP contribution in [0.5, 0.6) is 0 Å². The van der Waals surface area contributed by atoms with Crippen LogP contribution in [0.3, 0.4) is 0 Å². The molecule has 0 aliphatic carbocycles. The van der Waals surface area contributed by atoms with E-state index in [0.29, 0.717) is 18.0 Å². The van der Waals surface area contributed by atoms with Gasteiger partial charge in [0.1, 0.15) is 0 Å². The highest BCUT2D eigenvalue weighted by Crippen LogP contribution is 2.37. The topological polar surface area (TPSA) is 12.0 Å². The number of hydrogen-bond donors (Lipinski definition) is 1. The van der Waals surface area contributed by atoms with E-state index in [4.69, 9.17) is 11.6 Å². The smallest absolute Gasteiger partial charge is 0.0452 e. The standard InChI is InChI=1S/C13H17BrClN/c1-3-13-11(6-8(2)16-13)10-5-4-9(14)7-12(10)15/h4-5,7-8,11,13,16H,3,6H2,1-2H3. The molecule has 0 saturated carbocycles. The van der Waals surface area contributed by atoms with Gasteiger partial charge in [0.2, 0.25) is 0 Å². The number of halogens is 2. The van der Waals surface area contributed by atoms with Crippen LogP contribution in [-0.4, -0.2) is 12.1 Å². The zero-order valence-corrected chi connectivity index (χ0v) is 12.0. The minimum atomic E-state index is 0.556. The molecule has 3 heteroatoms. The molecule has 1 nitrogen and oxygen atoms in total. The SMILES string of the molecule is CCC1NC(C)CC1c1ccc(Br)cc1Cl. The third-order valence-electron chi connectivity index (χ3n) is 3.39. The van der Waals surface area contributed by atoms with Crippen molar-refractivity contribution in [2.45, 2.75) is 44.7 Å². The third-order valence-corrected chi connectivity index (χ3v) is 4.21. The molecule has 3 unspecified atom stereocenters. The first kappa shape index (κ1) is 12.4. The maximum atomic E-state index is 6.32. The lowest BCUT2D eigenvalue weighted by Gasteiger charge is -2.19. The van der Waals surface area contributed by atoms with Crippen LogP contribution in [0.1, 0.15) is 38.2 Å². The largest absolute Gasteiger partial charge is 0.311 e. The van der Waals surface area contributed by atoms with Crippen LogP contribution < -0.4 is 5.32 Å². The van der Waals surface area contributed by atoms with E-state index in [-0.39, 0.29) is 0 Å². The molecule has 16 heavy (non-hydrogen) atoms. The van der Waals surface area contributed by atoms with Crippen molar-refractivity contribution in [3.63, 3.8) is 0 Å². The Morgan fingerprint density at radius 2 is 2.25 bits per heavy atom. The molecular weight excluding hydrogens is 286 g/mol. The molecule has 1 aliphatic rings. The summed E-state index contributed by atoms with van der Waals surface area (Å²) < 4.78 is 1.05. The zero-order valence-electron chi connectivity index (χ0n) is 9.63. The van der Waals surface area contributed by atoms with E-state index >= 15 is 0 Å². The van der Waals surface area contributed by atoms with Crippen molar-refractivity contribution in [3.05, 3.63) is 33.3 Å². The van der Waals surface area contributed by atoms with Crippen molar-refractivity contribution in [1.29, 1.82) is 0 Å². The molecule has 1 aliphatic heterocycles. The summed E-state index contributed by atoms with van der Waals surface area (Å²) in [5, 5.41) is 4.51. The summed E-state index contributed by atoms with van der Waals surface area (Å²) in [5.41, 5.74) is 1.29. The average Bonchev–Trinajstić information content (AvgIpc) is 2.59. The molecule has 1 N–H and O–H groups in total. The van der Waals surface area contributed by atoms with Crippen LogP contribution in [0.2, 0.25) is 5.02 Å². The molecule has 1 fully saturated rings. The van der Waals surface area contributed by atoms with Crippen LogP contribution in [0.25, 0.3) is 0 Å². The summed E-state index contributed by atoms with van der Waals surface area (Å²) in [6.45, 7) is 4.48. The van der Waals surface area contributed by atoms with Crippen LogP contribution in [0, 0.1) is 0 Å². The fraction of sp³-hybridized carbons (Fsp3) is 0.538. The normalized spacial score (nSPS) is 29.6. The van der Waals surface area contributed by atoms with Gasteiger partial charge in [-0.25, -0.2) is 0 Å². The highest BCUT2D eigenvalue weighted by atomic mass is 79.9. The molecule has 1 saturated heterocycles. The van der Waals surface area contributed by atoms with Crippen molar-refractivity contribution in [2.75, 3.05) is 0 Å². The quantitative estimate of drug-likeness (QED) is 0.856. The van der Waals surface area contributed by atoms with E-state index in [1.54, 1.807) is 0 Å². The number of benzene rings is 1. The highest BCUT2D eigenvalue weighted by Gasteiger charge is 2.32. The van der Waals surface area contributed by atoms with Gasteiger partial charge >= 0.3 is 0 Å². The lowest BCUT2D eigenvalue weighted by Crippen LogP contribution is -2.28. The lowest BCUT2D eigenvalue weighted by atomic mass is 9.90. The van der Waals surface area contributed by atoms with Gasteiger partial charge in [-0.3, -0.25) is 0 Å². The Bertz CT molecular complexity index is 380. The first-order valence-corrected chi connectivity index (χ1v) is 7.00. The van der Waals surface area contributed by atoms with E-state index in [2.05, 4.69) is 47.2 Å². The maximum absolute atomic E-state index is 6.32.